The van der Waals surface area contributed by atoms with Crippen molar-refractivity contribution in [1.82, 2.24) is 5.32 Å². The van der Waals surface area contributed by atoms with Crippen LogP contribution in [0.4, 0.5) is 13.2 Å². The Morgan fingerprint density at radius 3 is 2.59 bits per heavy atom. The van der Waals surface area contributed by atoms with Gasteiger partial charge in [-0.1, -0.05) is 37.3 Å². The fourth-order valence-electron chi connectivity index (χ4n) is 3.82. The van der Waals surface area contributed by atoms with Gasteiger partial charge in [-0.3, -0.25) is 5.32 Å². The molecule has 0 saturated carbocycles. The van der Waals surface area contributed by atoms with Gasteiger partial charge in [0.05, 0.1) is 25.7 Å². The summed E-state index contributed by atoms with van der Waals surface area (Å²) in [5, 5.41) is 13.8. The lowest BCUT2D eigenvalue weighted by Crippen LogP contribution is -2.50. The van der Waals surface area contributed by atoms with E-state index in [1.807, 2.05) is 55.5 Å². The van der Waals surface area contributed by atoms with Crippen LogP contribution >= 0.6 is 11.8 Å². The SMILES string of the molecule is CC[C@]1(CC(O)CC(F)(F)F)CSc2ccc(OC)cc2[C@H](c2ccccc2)N1. The predicted molar refractivity (Wildman–Crippen MR) is 109 cm³/mol. The largest absolute Gasteiger partial charge is 0.497 e. The Bertz CT molecular complexity index is 815. The van der Waals surface area contributed by atoms with Crippen molar-refractivity contribution in [2.45, 2.75) is 54.9 Å². The first-order chi connectivity index (χ1) is 13.8. The van der Waals surface area contributed by atoms with Crippen LogP contribution in [-0.4, -0.2) is 35.8 Å². The van der Waals surface area contributed by atoms with Gasteiger partial charge < -0.3 is 9.84 Å². The Kier molecular flexibility index (Phi) is 6.81. The smallest absolute Gasteiger partial charge is 0.391 e. The van der Waals surface area contributed by atoms with Gasteiger partial charge in [0.15, 0.2) is 0 Å². The summed E-state index contributed by atoms with van der Waals surface area (Å²) in [7, 11) is 1.61. The van der Waals surface area contributed by atoms with Crippen molar-refractivity contribution in [2.24, 2.45) is 0 Å². The quantitative estimate of drug-likeness (QED) is 0.656. The van der Waals surface area contributed by atoms with Gasteiger partial charge in [0.2, 0.25) is 0 Å². The van der Waals surface area contributed by atoms with Gasteiger partial charge in [-0.2, -0.15) is 13.2 Å². The molecule has 0 amide bonds. The van der Waals surface area contributed by atoms with Crippen LogP contribution in [0.5, 0.6) is 5.75 Å². The second-order valence-corrected chi connectivity index (χ2v) is 8.51. The third-order valence-corrected chi connectivity index (χ3v) is 6.77. The van der Waals surface area contributed by atoms with Crippen molar-refractivity contribution < 1.29 is 23.0 Å². The molecular weight excluding hydrogens is 399 g/mol. The van der Waals surface area contributed by atoms with Crippen molar-refractivity contribution in [3.63, 3.8) is 0 Å². The number of hydrogen-bond donors (Lipinski definition) is 2. The van der Waals surface area contributed by atoms with E-state index in [1.54, 1.807) is 18.9 Å². The van der Waals surface area contributed by atoms with E-state index >= 15 is 0 Å². The molecule has 29 heavy (non-hydrogen) atoms. The van der Waals surface area contributed by atoms with Crippen molar-refractivity contribution in [1.29, 1.82) is 0 Å². The molecule has 3 nitrogen and oxygen atoms in total. The van der Waals surface area contributed by atoms with E-state index in [4.69, 9.17) is 4.74 Å². The minimum Gasteiger partial charge on any atom is -0.497 e. The molecule has 0 radical (unpaired) electrons. The third kappa shape index (κ3) is 5.47. The Balaban J connectivity index is 1.98. The lowest BCUT2D eigenvalue weighted by atomic mass is 9.87. The zero-order valence-electron chi connectivity index (χ0n) is 16.5. The number of aliphatic hydroxyl groups excluding tert-OH is 1. The minimum atomic E-state index is -4.39. The second kappa shape index (κ2) is 8.98. The number of thioether (sulfide) groups is 1. The number of benzene rings is 2. The zero-order chi connectivity index (χ0) is 21.1. The highest BCUT2D eigenvalue weighted by atomic mass is 32.2. The van der Waals surface area contributed by atoms with E-state index in [0.29, 0.717) is 12.2 Å². The molecule has 0 spiro atoms. The lowest BCUT2D eigenvalue weighted by molar-refractivity contribution is -0.155. The second-order valence-electron chi connectivity index (χ2n) is 7.49. The molecule has 0 aliphatic carbocycles. The van der Waals surface area contributed by atoms with Crippen LogP contribution in [0.3, 0.4) is 0 Å². The molecule has 158 valence electrons. The summed E-state index contributed by atoms with van der Waals surface area (Å²) in [6, 6.07) is 15.5. The molecule has 0 aromatic heterocycles. The van der Waals surface area contributed by atoms with Gasteiger partial charge >= 0.3 is 6.18 Å². The Hall–Kier alpha value is -1.70. The predicted octanol–water partition coefficient (Wildman–Crippen LogP) is 5.33. The Morgan fingerprint density at radius 1 is 1.24 bits per heavy atom. The van der Waals surface area contributed by atoms with Crippen molar-refractivity contribution >= 4 is 11.8 Å². The molecule has 1 aliphatic rings. The summed E-state index contributed by atoms with van der Waals surface area (Å²) in [5.74, 6) is 1.30. The molecule has 0 bridgehead atoms. The fraction of sp³-hybridized carbons (Fsp3) is 0.455. The molecular formula is C22H26F3NO2S. The number of aliphatic hydroxyl groups is 1. The molecule has 2 aromatic carbocycles. The number of ether oxygens (including phenoxy) is 1. The van der Waals surface area contributed by atoms with Crippen LogP contribution in [-0.2, 0) is 0 Å². The highest BCUT2D eigenvalue weighted by Gasteiger charge is 2.40. The van der Waals surface area contributed by atoms with Crippen LogP contribution in [0.15, 0.2) is 53.4 Å². The van der Waals surface area contributed by atoms with Crippen molar-refractivity contribution in [3.05, 3.63) is 59.7 Å². The number of methoxy groups -OCH3 is 1. The number of nitrogens with one attached hydrogen (secondary N) is 1. The fourth-order valence-corrected chi connectivity index (χ4v) is 5.16. The molecule has 1 heterocycles. The summed E-state index contributed by atoms with van der Waals surface area (Å²) in [4.78, 5) is 1.06. The average molecular weight is 426 g/mol. The lowest BCUT2D eigenvalue weighted by Gasteiger charge is -2.37. The van der Waals surface area contributed by atoms with E-state index in [1.165, 1.54) is 0 Å². The van der Waals surface area contributed by atoms with Crippen LogP contribution in [0, 0.1) is 0 Å². The first-order valence-electron chi connectivity index (χ1n) is 9.63. The van der Waals surface area contributed by atoms with Crippen LogP contribution < -0.4 is 10.1 Å². The topological polar surface area (TPSA) is 41.5 Å². The van der Waals surface area contributed by atoms with Crippen molar-refractivity contribution in [2.75, 3.05) is 12.9 Å². The van der Waals surface area contributed by atoms with Gasteiger partial charge in [-0.15, -0.1) is 11.8 Å². The maximum atomic E-state index is 12.8. The van der Waals surface area contributed by atoms with E-state index in [-0.39, 0.29) is 12.5 Å². The molecule has 7 heteroatoms. The van der Waals surface area contributed by atoms with Crippen LogP contribution in [0.1, 0.15) is 43.4 Å². The normalized spacial score (nSPS) is 23.2. The molecule has 3 atom stereocenters. The third-order valence-electron chi connectivity index (χ3n) is 5.39. The van der Waals surface area contributed by atoms with Gasteiger partial charge in [0.25, 0.3) is 0 Å². The highest BCUT2D eigenvalue weighted by Crippen LogP contribution is 2.42. The first-order valence-corrected chi connectivity index (χ1v) is 10.6. The van der Waals surface area contributed by atoms with Gasteiger partial charge in [0.1, 0.15) is 5.75 Å². The summed E-state index contributed by atoms with van der Waals surface area (Å²) < 4.78 is 43.8. The highest BCUT2D eigenvalue weighted by molar-refractivity contribution is 7.99. The maximum Gasteiger partial charge on any atom is 0.391 e. The zero-order valence-corrected chi connectivity index (χ0v) is 17.3. The average Bonchev–Trinajstić information content (AvgIpc) is 2.84. The summed E-state index contributed by atoms with van der Waals surface area (Å²) >= 11 is 1.61. The minimum absolute atomic E-state index is 0.0322. The molecule has 2 N–H and O–H groups in total. The summed E-state index contributed by atoms with van der Waals surface area (Å²) in [6.07, 6.45) is -6.40. The first kappa shape index (κ1) is 22.0. The molecule has 0 saturated heterocycles. The number of rotatable bonds is 6. The Labute approximate surface area is 173 Å². The molecule has 0 fully saturated rings. The van der Waals surface area contributed by atoms with E-state index < -0.39 is 24.2 Å². The van der Waals surface area contributed by atoms with E-state index in [0.717, 1.165) is 21.8 Å². The number of alkyl halides is 3. The maximum absolute atomic E-state index is 12.8. The van der Waals surface area contributed by atoms with Gasteiger partial charge in [-0.25, -0.2) is 0 Å². The monoisotopic (exact) mass is 425 g/mol. The standard InChI is InChI=1S/C22H26F3NO2S/c1-3-21(12-16(27)13-22(23,24)25)14-29-19-10-9-17(28-2)11-18(19)20(26-21)15-7-5-4-6-8-15/h4-11,16,20,26-27H,3,12-14H2,1-2H3/t16?,20-,21-/m0/s1. The summed E-state index contributed by atoms with van der Waals surface area (Å²) in [5.41, 5.74) is 1.41. The Morgan fingerprint density at radius 2 is 1.97 bits per heavy atom. The van der Waals surface area contributed by atoms with Gasteiger partial charge in [-0.05, 0) is 42.2 Å². The molecule has 3 rings (SSSR count). The van der Waals surface area contributed by atoms with Crippen molar-refractivity contribution in [3.8, 4) is 5.75 Å². The van der Waals surface area contributed by atoms with Gasteiger partial charge in [0, 0.05) is 16.2 Å². The van der Waals surface area contributed by atoms with E-state index in [2.05, 4.69) is 5.32 Å². The molecule has 2 aromatic rings. The van der Waals surface area contributed by atoms with E-state index in [9.17, 15) is 18.3 Å². The summed E-state index contributed by atoms with van der Waals surface area (Å²) in [6.45, 7) is 1.95. The van der Waals surface area contributed by atoms with Crippen LogP contribution in [0.2, 0.25) is 0 Å². The number of fused-ring (bicyclic) bond motifs is 1. The van der Waals surface area contributed by atoms with Crippen LogP contribution in [0.25, 0.3) is 0 Å². The molecule has 1 aliphatic heterocycles. The molecule has 1 unspecified atom stereocenters. The number of halogens is 3. The number of hydrogen-bond acceptors (Lipinski definition) is 4.